The van der Waals surface area contributed by atoms with Crippen molar-refractivity contribution in [2.24, 2.45) is 0 Å². The van der Waals surface area contributed by atoms with Crippen molar-refractivity contribution in [2.75, 3.05) is 13.1 Å². The number of hydrogen-bond donors (Lipinski definition) is 1. The van der Waals surface area contributed by atoms with Gasteiger partial charge in [0.05, 0.1) is 12.6 Å². The minimum atomic E-state index is 0.0425. The molecule has 2 aliphatic rings. The van der Waals surface area contributed by atoms with Crippen molar-refractivity contribution < 1.29 is 4.79 Å². The van der Waals surface area contributed by atoms with Crippen molar-refractivity contribution in [3.05, 3.63) is 0 Å². The van der Waals surface area contributed by atoms with E-state index in [0.717, 1.165) is 13.0 Å². The van der Waals surface area contributed by atoms with Crippen molar-refractivity contribution in [1.82, 2.24) is 10.2 Å². The SMILES string of the molecule is C#CCN1CCC(NC2CC2)C1=O. The molecule has 13 heavy (non-hydrogen) atoms. The van der Waals surface area contributed by atoms with Crippen LogP contribution in [0.2, 0.25) is 0 Å². The summed E-state index contributed by atoms with van der Waals surface area (Å²) >= 11 is 0. The normalized spacial score (nSPS) is 27.8. The molecule has 1 unspecified atom stereocenters. The molecule has 1 aliphatic carbocycles. The molecule has 70 valence electrons. The summed E-state index contributed by atoms with van der Waals surface area (Å²) in [5.74, 6) is 2.69. The first kappa shape index (κ1) is 8.58. The molecule has 0 bridgehead atoms. The summed E-state index contributed by atoms with van der Waals surface area (Å²) < 4.78 is 0. The predicted molar refractivity (Wildman–Crippen MR) is 50.0 cm³/mol. The lowest BCUT2D eigenvalue weighted by molar-refractivity contribution is -0.128. The molecule has 0 spiro atoms. The highest BCUT2D eigenvalue weighted by molar-refractivity contribution is 5.84. The predicted octanol–water partition coefficient (Wildman–Crippen LogP) is -0.0275. The third-order valence-electron chi connectivity index (χ3n) is 2.59. The molecule has 2 fully saturated rings. The Labute approximate surface area is 78.5 Å². The Bertz CT molecular complexity index is 252. The summed E-state index contributed by atoms with van der Waals surface area (Å²) in [7, 11) is 0. The van der Waals surface area contributed by atoms with Gasteiger partial charge in [-0.1, -0.05) is 5.92 Å². The van der Waals surface area contributed by atoms with E-state index >= 15 is 0 Å². The maximum Gasteiger partial charge on any atom is 0.240 e. The second-order valence-corrected chi connectivity index (χ2v) is 3.75. The van der Waals surface area contributed by atoms with E-state index in [1.807, 2.05) is 0 Å². The minimum Gasteiger partial charge on any atom is -0.330 e. The van der Waals surface area contributed by atoms with Crippen LogP contribution < -0.4 is 5.32 Å². The zero-order valence-corrected chi connectivity index (χ0v) is 7.62. The van der Waals surface area contributed by atoms with Gasteiger partial charge in [0.25, 0.3) is 0 Å². The number of nitrogens with zero attached hydrogens (tertiary/aromatic N) is 1. The monoisotopic (exact) mass is 178 g/mol. The summed E-state index contributed by atoms with van der Waals surface area (Å²) in [4.78, 5) is 13.4. The van der Waals surface area contributed by atoms with Crippen LogP contribution >= 0.6 is 0 Å². The number of amides is 1. The summed E-state index contributed by atoms with van der Waals surface area (Å²) in [6, 6.07) is 0.639. The van der Waals surface area contributed by atoms with E-state index in [1.165, 1.54) is 12.8 Å². The highest BCUT2D eigenvalue weighted by Gasteiger charge is 2.34. The molecular formula is C10H14N2O. The number of rotatable bonds is 3. The molecule has 1 atom stereocenters. The average molecular weight is 178 g/mol. The van der Waals surface area contributed by atoms with E-state index in [9.17, 15) is 4.79 Å². The fourth-order valence-corrected chi connectivity index (χ4v) is 1.70. The van der Waals surface area contributed by atoms with Crippen LogP contribution in [-0.4, -0.2) is 36.0 Å². The molecule has 0 aromatic heterocycles. The molecule has 1 saturated carbocycles. The first-order valence-corrected chi connectivity index (χ1v) is 4.79. The number of likely N-dealkylation sites (tertiary alicyclic amines) is 1. The van der Waals surface area contributed by atoms with Crippen LogP contribution in [0.25, 0.3) is 0 Å². The lowest BCUT2D eigenvalue weighted by Crippen LogP contribution is -2.39. The van der Waals surface area contributed by atoms with Gasteiger partial charge in [0.15, 0.2) is 0 Å². The maximum atomic E-state index is 11.6. The fraction of sp³-hybridized carbons (Fsp3) is 0.700. The third kappa shape index (κ3) is 1.84. The van der Waals surface area contributed by atoms with Crippen molar-refractivity contribution in [2.45, 2.75) is 31.3 Å². The van der Waals surface area contributed by atoms with Crippen LogP contribution in [0.3, 0.4) is 0 Å². The molecule has 2 rings (SSSR count). The van der Waals surface area contributed by atoms with Crippen LogP contribution in [0.15, 0.2) is 0 Å². The summed E-state index contributed by atoms with van der Waals surface area (Å²) in [5, 5.41) is 3.33. The molecule has 0 aromatic carbocycles. The highest BCUT2D eigenvalue weighted by atomic mass is 16.2. The van der Waals surface area contributed by atoms with Crippen molar-refractivity contribution in [3.63, 3.8) is 0 Å². The van der Waals surface area contributed by atoms with Gasteiger partial charge in [-0.3, -0.25) is 4.79 Å². The Balaban J connectivity index is 1.86. The fourth-order valence-electron chi connectivity index (χ4n) is 1.70. The quantitative estimate of drug-likeness (QED) is 0.616. The Hall–Kier alpha value is -1.01. The molecule has 3 nitrogen and oxygen atoms in total. The zero-order valence-electron chi connectivity index (χ0n) is 7.62. The first-order valence-electron chi connectivity index (χ1n) is 4.79. The van der Waals surface area contributed by atoms with Crippen LogP contribution in [0.5, 0.6) is 0 Å². The first-order chi connectivity index (χ1) is 6.31. The highest BCUT2D eigenvalue weighted by Crippen LogP contribution is 2.22. The van der Waals surface area contributed by atoms with Crippen molar-refractivity contribution in [3.8, 4) is 12.3 Å². The number of hydrogen-bond acceptors (Lipinski definition) is 2. The Morgan fingerprint density at radius 3 is 2.92 bits per heavy atom. The van der Waals surface area contributed by atoms with Gasteiger partial charge < -0.3 is 10.2 Å². The second-order valence-electron chi connectivity index (χ2n) is 3.75. The van der Waals surface area contributed by atoms with Gasteiger partial charge in [-0.25, -0.2) is 0 Å². The molecule has 1 N–H and O–H groups in total. The second kappa shape index (κ2) is 3.39. The van der Waals surface area contributed by atoms with Crippen LogP contribution in [-0.2, 0) is 4.79 Å². The summed E-state index contributed by atoms with van der Waals surface area (Å²) in [6.07, 6.45) is 8.52. The Morgan fingerprint density at radius 1 is 1.54 bits per heavy atom. The lowest BCUT2D eigenvalue weighted by atomic mass is 10.2. The molecule has 0 aromatic rings. The molecular weight excluding hydrogens is 164 g/mol. The van der Waals surface area contributed by atoms with E-state index in [1.54, 1.807) is 4.90 Å². The maximum absolute atomic E-state index is 11.6. The zero-order chi connectivity index (χ0) is 9.26. The molecule has 1 aliphatic heterocycles. The Morgan fingerprint density at radius 2 is 2.31 bits per heavy atom. The number of nitrogens with one attached hydrogen (secondary N) is 1. The van der Waals surface area contributed by atoms with E-state index < -0.39 is 0 Å². The van der Waals surface area contributed by atoms with E-state index in [0.29, 0.717) is 12.6 Å². The molecule has 3 heteroatoms. The van der Waals surface area contributed by atoms with Gasteiger partial charge >= 0.3 is 0 Å². The van der Waals surface area contributed by atoms with Crippen LogP contribution in [0.1, 0.15) is 19.3 Å². The molecule has 1 saturated heterocycles. The third-order valence-corrected chi connectivity index (χ3v) is 2.59. The van der Waals surface area contributed by atoms with Gasteiger partial charge in [0.1, 0.15) is 0 Å². The van der Waals surface area contributed by atoms with Gasteiger partial charge in [-0.15, -0.1) is 6.42 Å². The van der Waals surface area contributed by atoms with Gasteiger partial charge in [0, 0.05) is 12.6 Å². The molecule has 1 amide bonds. The van der Waals surface area contributed by atoms with E-state index in [-0.39, 0.29) is 11.9 Å². The van der Waals surface area contributed by atoms with E-state index in [4.69, 9.17) is 6.42 Å². The standard InChI is InChI=1S/C10H14N2O/c1-2-6-12-7-5-9(10(12)13)11-8-3-4-8/h1,8-9,11H,3-7H2. The smallest absolute Gasteiger partial charge is 0.240 e. The van der Waals surface area contributed by atoms with Gasteiger partial charge in [0.2, 0.25) is 5.91 Å². The number of carbonyl (C=O) groups excluding carboxylic acids is 1. The largest absolute Gasteiger partial charge is 0.330 e. The summed E-state index contributed by atoms with van der Waals surface area (Å²) in [5.41, 5.74) is 0. The molecule has 0 radical (unpaired) electrons. The number of carbonyl (C=O) groups is 1. The van der Waals surface area contributed by atoms with Crippen molar-refractivity contribution >= 4 is 5.91 Å². The Kier molecular flexibility index (Phi) is 2.24. The minimum absolute atomic E-state index is 0.0425. The topological polar surface area (TPSA) is 32.3 Å². The molecule has 1 heterocycles. The van der Waals surface area contributed by atoms with Crippen LogP contribution in [0, 0.1) is 12.3 Å². The summed E-state index contributed by atoms with van der Waals surface area (Å²) in [6.45, 7) is 1.27. The number of terminal acetylenes is 1. The lowest BCUT2D eigenvalue weighted by Gasteiger charge is -2.13. The van der Waals surface area contributed by atoms with Crippen molar-refractivity contribution in [1.29, 1.82) is 0 Å². The van der Waals surface area contributed by atoms with Gasteiger partial charge in [-0.05, 0) is 19.3 Å². The average Bonchev–Trinajstić information content (AvgIpc) is 2.86. The van der Waals surface area contributed by atoms with Gasteiger partial charge in [-0.2, -0.15) is 0 Å². The van der Waals surface area contributed by atoms with Crippen LogP contribution in [0.4, 0.5) is 0 Å². The van der Waals surface area contributed by atoms with E-state index in [2.05, 4.69) is 11.2 Å².